The van der Waals surface area contributed by atoms with Crippen molar-refractivity contribution < 1.29 is 0 Å². The second-order valence-corrected chi connectivity index (χ2v) is 2.73. The summed E-state index contributed by atoms with van der Waals surface area (Å²) in [4.78, 5) is 0. The Bertz CT molecular complexity index is 448. The Morgan fingerprint density at radius 3 is 1.67 bits per heavy atom. The van der Waals surface area contributed by atoms with E-state index in [-0.39, 0.29) is 0 Å². The fourth-order valence-electron chi connectivity index (χ4n) is 1.04. The van der Waals surface area contributed by atoms with Gasteiger partial charge in [0.05, 0.1) is 0 Å². The molecule has 0 saturated carbocycles. The molecule has 0 radical (unpaired) electrons. The standard InChI is InChI=1S/C6H5N3.C4H4N2/c1-2-4-6-5(3-1)7-9-8-6;1-2-4-6-5-3-1/h1-4H,(H,7,8,9);1-4H. The van der Waals surface area contributed by atoms with Crippen LogP contribution < -0.4 is 0 Å². The molecule has 0 aliphatic heterocycles. The number of nitrogens with zero attached hydrogens (tertiary/aromatic N) is 4. The third kappa shape index (κ3) is 2.57. The van der Waals surface area contributed by atoms with E-state index in [1.807, 2.05) is 36.4 Å². The van der Waals surface area contributed by atoms with Crippen molar-refractivity contribution in [1.82, 2.24) is 25.6 Å². The van der Waals surface area contributed by atoms with Crippen molar-refractivity contribution in [2.24, 2.45) is 0 Å². The number of hydrogen-bond acceptors (Lipinski definition) is 4. The maximum absolute atomic E-state index is 3.88. The Balaban J connectivity index is 0.000000124. The first-order valence-corrected chi connectivity index (χ1v) is 4.44. The second-order valence-electron chi connectivity index (χ2n) is 2.73. The highest BCUT2D eigenvalue weighted by Crippen LogP contribution is 2.03. The lowest BCUT2D eigenvalue weighted by atomic mass is 10.3. The quantitative estimate of drug-likeness (QED) is 0.594. The van der Waals surface area contributed by atoms with E-state index in [4.69, 9.17) is 0 Å². The first kappa shape index (κ1) is 9.26. The summed E-state index contributed by atoms with van der Waals surface area (Å²) in [5.74, 6) is 0. The maximum atomic E-state index is 3.88. The zero-order valence-electron chi connectivity index (χ0n) is 7.91. The van der Waals surface area contributed by atoms with Crippen molar-refractivity contribution in [2.45, 2.75) is 0 Å². The highest BCUT2D eigenvalue weighted by Gasteiger charge is 1.90. The number of fused-ring (bicyclic) bond motifs is 1. The molecule has 74 valence electrons. The van der Waals surface area contributed by atoms with E-state index in [0.717, 1.165) is 11.0 Å². The lowest BCUT2D eigenvalue weighted by Gasteiger charge is -1.78. The van der Waals surface area contributed by atoms with E-state index in [1.165, 1.54) is 0 Å². The molecule has 5 heteroatoms. The van der Waals surface area contributed by atoms with Gasteiger partial charge in [0.1, 0.15) is 11.0 Å². The largest absolute Gasteiger partial charge is 0.197 e. The molecule has 2 aromatic heterocycles. The SMILES string of the molecule is c1ccc2n[nH]nc2c1.c1ccnnc1. The molecule has 0 fully saturated rings. The molecule has 0 amide bonds. The van der Waals surface area contributed by atoms with Gasteiger partial charge in [-0.05, 0) is 24.3 Å². The average Bonchev–Trinajstić information content (AvgIpc) is 2.80. The van der Waals surface area contributed by atoms with Crippen LogP contribution in [-0.4, -0.2) is 25.6 Å². The first-order valence-electron chi connectivity index (χ1n) is 4.44. The number of rotatable bonds is 0. The Hall–Kier alpha value is -2.30. The van der Waals surface area contributed by atoms with E-state index in [9.17, 15) is 0 Å². The number of aromatic nitrogens is 5. The molecule has 3 rings (SSSR count). The van der Waals surface area contributed by atoms with E-state index < -0.39 is 0 Å². The van der Waals surface area contributed by atoms with Gasteiger partial charge in [-0.1, -0.05) is 12.1 Å². The molecule has 0 aliphatic rings. The Kier molecular flexibility index (Phi) is 2.97. The Labute approximate surface area is 86.2 Å². The molecule has 0 saturated heterocycles. The van der Waals surface area contributed by atoms with Crippen LogP contribution in [0.15, 0.2) is 48.8 Å². The van der Waals surface area contributed by atoms with Gasteiger partial charge in [-0.15, -0.1) is 0 Å². The molecule has 0 unspecified atom stereocenters. The topological polar surface area (TPSA) is 67.3 Å². The third-order valence-electron chi connectivity index (χ3n) is 1.71. The molecule has 1 N–H and O–H groups in total. The van der Waals surface area contributed by atoms with Crippen LogP contribution >= 0.6 is 0 Å². The summed E-state index contributed by atoms with van der Waals surface area (Å²) in [7, 11) is 0. The summed E-state index contributed by atoms with van der Waals surface area (Å²) >= 11 is 0. The van der Waals surface area contributed by atoms with E-state index in [1.54, 1.807) is 12.4 Å². The molecule has 2 heterocycles. The number of nitrogens with one attached hydrogen (secondary N) is 1. The number of benzene rings is 1. The molecule has 5 nitrogen and oxygen atoms in total. The van der Waals surface area contributed by atoms with Crippen LogP contribution in [0.25, 0.3) is 11.0 Å². The maximum Gasteiger partial charge on any atom is 0.112 e. The smallest absolute Gasteiger partial charge is 0.112 e. The Morgan fingerprint density at radius 2 is 1.27 bits per heavy atom. The van der Waals surface area contributed by atoms with Gasteiger partial charge in [0.15, 0.2) is 0 Å². The molecule has 1 aromatic carbocycles. The van der Waals surface area contributed by atoms with Crippen molar-refractivity contribution in [3.8, 4) is 0 Å². The summed E-state index contributed by atoms with van der Waals surface area (Å²) in [5.41, 5.74) is 1.83. The zero-order valence-corrected chi connectivity index (χ0v) is 7.91. The van der Waals surface area contributed by atoms with Gasteiger partial charge in [-0.3, -0.25) is 0 Å². The predicted molar refractivity (Wildman–Crippen MR) is 55.9 cm³/mol. The lowest BCUT2D eigenvalue weighted by Crippen LogP contribution is -1.69. The van der Waals surface area contributed by atoms with Gasteiger partial charge in [-0.25, -0.2) is 0 Å². The minimum absolute atomic E-state index is 0.914. The molecule has 3 aromatic rings. The highest BCUT2D eigenvalue weighted by atomic mass is 15.3. The van der Waals surface area contributed by atoms with Crippen LogP contribution in [0, 0.1) is 0 Å². The summed E-state index contributed by atoms with van der Waals surface area (Å²) in [6, 6.07) is 11.4. The van der Waals surface area contributed by atoms with Gasteiger partial charge >= 0.3 is 0 Å². The van der Waals surface area contributed by atoms with Crippen LogP contribution in [0.2, 0.25) is 0 Å². The molecule has 0 bridgehead atoms. The highest BCUT2D eigenvalue weighted by molar-refractivity contribution is 5.72. The number of H-pyrrole nitrogens is 1. The van der Waals surface area contributed by atoms with E-state index in [2.05, 4.69) is 25.6 Å². The van der Waals surface area contributed by atoms with Gasteiger partial charge in [0.25, 0.3) is 0 Å². The van der Waals surface area contributed by atoms with Crippen LogP contribution in [0.4, 0.5) is 0 Å². The minimum Gasteiger partial charge on any atom is -0.197 e. The summed E-state index contributed by atoms with van der Waals surface area (Å²) < 4.78 is 0. The van der Waals surface area contributed by atoms with Crippen molar-refractivity contribution in [2.75, 3.05) is 0 Å². The molecule has 15 heavy (non-hydrogen) atoms. The molecular weight excluding hydrogens is 190 g/mol. The molecule has 0 spiro atoms. The minimum atomic E-state index is 0.914. The van der Waals surface area contributed by atoms with Crippen molar-refractivity contribution in [1.29, 1.82) is 0 Å². The van der Waals surface area contributed by atoms with Gasteiger partial charge in [0.2, 0.25) is 0 Å². The van der Waals surface area contributed by atoms with Crippen LogP contribution in [-0.2, 0) is 0 Å². The van der Waals surface area contributed by atoms with Gasteiger partial charge in [0, 0.05) is 12.4 Å². The van der Waals surface area contributed by atoms with Crippen LogP contribution in [0.5, 0.6) is 0 Å². The zero-order chi connectivity index (χ0) is 10.3. The van der Waals surface area contributed by atoms with Gasteiger partial charge < -0.3 is 0 Å². The first-order chi connectivity index (χ1) is 7.47. The number of para-hydroxylation sites is 2. The normalized spacial score (nSPS) is 9.33. The van der Waals surface area contributed by atoms with Crippen molar-refractivity contribution in [3.05, 3.63) is 48.8 Å². The second kappa shape index (κ2) is 4.80. The predicted octanol–water partition coefficient (Wildman–Crippen LogP) is 1.43. The summed E-state index contributed by atoms with van der Waals surface area (Å²) in [6.45, 7) is 0. The average molecular weight is 199 g/mol. The summed E-state index contributed by atoms with van der Waals surface area (Å²) in [5, 5.41) is 17.4. The fourth-order valence-corrected chi connectivity index (χ4v) is 1.04. The van der Waals surface area contributed by atoms with Crippen LogP contribution in [0.1, 0.15) is 0 Å². The summed E-state index contributed by atoms with van der Waals surface area (Å²) in [6.07, 6.45) is 3.28. The van der Waals surface area contributed by atoms with Crippen LogP contribution in [0.3, 0.4) is 0 Å². The van der Waals surface area contributed by atoms with Crippen molar-refractivity contribution >= 4 is 11.0 Å². The number of aromatic amines is 1. The monoisotopic (exact) mass is 199 g/mol. The van der Waals surface area contributed by atoms with Crippen molar-refractivity contribution in [3.63, 3.8) is 0 Å². The lowest BCUT2D eigenvalue weighted by molar-refractivity contribution is 0.959. The Morgan fingerprint density at radius 1 is 0.733 bits per heavy atom. The van der Waals surface area contributed by atoms with Gasteiger partial charge in [-0.2, -0.15) is 25.6 Å². The molecular formula is C10H9N5. The van der Waals surface area contributed by atoms with E-state index in [0.29, 0.717) is 0 Å². The third-order valence-corrected chi connectivity index (χ3v) is 1.71. The molecule has 0 aliphatic carbocycles. The fraction of sp³-hybridized carbons (Fsp3) is 0. The number of hydrogen-bond donors (Lipinski definition) is 1. The molecule has 0 atom stereocenters. The van der Waals surface area contributed by atoms with E-state index >= 15 is 0 Å².